The van der Waals surface area contributed by atoms with Crippen LogP contribution in [0.25, 0.3) is 6.08 Å². The van der Waals surface area contributed by atoms with Gasteiger partial charge in [0, 0.05) is 41.9 Å². The van der Waals surface area contributed by atoms with Crippen molar-refractivity contribution in [2.75, 3.05) is 20.8 Å². The van der Waals surface area contributed by atoms with Gasteiger partial charge in [0.2, 0.25) is 5.91 Å². The third-order valence-corrected chi connectivity index (χ3v) is 5.33. The molecule has 0 bridgehead atoms. The van der Waals surface area contributed by atoms with Gasteiger partial charge in [0.05, 0.1) is 26.6 Å². The van der Waals surface area contributed by atoms with E-state index in [1.54, 1.807) is 61.8 Å². The molecule has 1 atom stereocenters. The third kappa shape index (κ3) is 7.12. The molecule has 182 valence electrons. The quantitative estimate of drug-likeness (QED) is 0.269. The Morgan fingerprint density at radius 1 is 1.11 bits per heavy atom. The molecule has 0 aliphatic carbocycles. The van der Waals surface area contributed by atoms with Crippen molar-refractivity contribution in [1.82, 2.24) is 15.3 Å². The van der Waals surface area contributed by atoms with Crippen molar-refractivity contribution in [3.05, 3.63) is 83.4 Å². The number of aliphatic hydroxyl groups excluding tert-OH is 1. The van der Waals surface area contributed by atoms with Gasteiger partial charge >= 0.3 is 0 Å². The zero-order valence-electron chi connectivity index (χ0n) is 19.5. The summed E-state index contributed by atoms with van der Waals surface area (Å²) >= 11 is 0. The van der Waals surface area contributed by atoms with E-state index in [2.05, 4.69) is 15.3 Å². The van der Waals surface area contributed by atoms with Crippen molar-refractivity contribution in [3.8, 4) is 11.5 Å². The maximum absolute atomic E-state index is 13.1. The SMILES string of the molecule is COc1ccc(OC)c(/C=C/C(=O)N[C@@H](Cc2cnc[nH]2)C(=O)Cc2ccc(C(=O)CO)cc2)c1. The second-order valence-corrected chi connectivity index (χ2v) is 7.70. The van der Waals surface area contributed by atoms with Crippen LogP contribution in [0.3, 0.4) is 0 Å². The summed E-state index contributed by atoms with van der Waals surface area (Å²) in [5.41, 5.74) is 2.40. The van der Waals surface area contributed by atoms with E-state index < -0.39 is 24.3 Å². The van der Waals surface area contributed by atoms with Crippen LogP contribution in [0.2, 0.25) is 0 Å². The zero-order valence-corrected chi connectivity index (χ0v) is 19.5. The van der Waals surface area contributed by atoms with Gasteiger partial charge in [-0.3, -0.25) is 14.4 Å². The van der Waals surface area contributed by atoms with Crippen LogP contribution in [0.4, 0.5) is 0 Å². The molecule has 3 aromatic rings. The number of methoxy groups -OCH3 is 2. The van der Waals surface area contributed by atoms with Crippen molar-refractivity contribution in [3.63, 3.8) is 0 Å². The lowest BCUT2D eigenvalue weighted by atomic mass is 9.99. The van der Waals surface area contributed by atoms with Crippen LogP contribution >= 0.6 is 0 Å². The predicted molar refractivity (Wildman–Crippen MR) is 129 cm³/mol. The number of rotatable bonds is 12. The minimum atomic E-state index is -0.807. The summed E-state index contributed by atoms with van der Waals surface area (Å²) in [4.78, 5) is 44.3. The average molecular weight is 478 g/mol. The van der Waals surface area contributed by atoms with E-state index in [4.69, 9.17) is 14.6 Å². The molecule has 9 heteroatoms. The number of hydrogen-bond donors (Lipinski definition) is 3. The molecule has 0 spiro atoms. The van der Waals surface area contributed by atoms with E-state index >= 15 is 0 Å². The van der Waals surface area contributed by atoms with Gasteiger partial charge in [0.1, 0.15) is 18.1 Å². The summed E-state index contributed by atoms with van der Waals surface area (Å²) in [6.45, 7) is -0.578. The number of ether oxygens (including phenoxy) is 2. The smallest absolute Gasteiger partial charge is 0.244 e. The minimum absolute atomic E-state index is 0.0557. The number of hydrogen-bond acceptors (Lipinski definition) is 7. The van der Waals surface area contributed by atoms with Gasteiger partial charge in [-0.05, 0) is 29.8 Å². The lowest BCUT2D eigenvalue weighted by Gasteiger charge is -2.16. The number of carbonyl (C=O) groups is 3. The number of aromatic amines is 1. The number of imidazole rings is 1. The third-order valence-electron chi connectivity index (χ3n) is 5.33. The summed E-state index contributed by atoms with van der Waals surface area (Å²) in [6.07, 6.45) is 6.32. The van der Waals surface area contributed by atoms with Gasteiger partial charge in [-0.25, -0.2) is 4.98 Å². The van der Waals surface area contributed by atoms with Gasteiger partial charge in [0.25, 0.3) is 0 Å². The fraction of sp³-hybridized carbons (Fsp3) is 0.231. The van der Waals surface area contributed by atoms with Crippen LogP contribution in [-0.4, -0.2) is 59.4 Å². The van der Waals surface area contributed by atoms with Crippen molar-refractivity contribution >= 4 is 23.5 Å². The first-order valence-corrected chi connectivity index (χ1v) is 10.9. The van der Waals surface area contributed by atoms with E-state index in [1.807, 2.05) is 0 Å². The van der Waals surface area contributed by atoms with Crippen molar-refractivity contribution in [1.29, 1.82) is 0 Å². The standard InChI is InChI=1S/C26H27N3O6/c1-34-21-8-9-25(35-2)19(12-21)7-10-26(33)29-22(13-20-14-27-16-28-20)23(31)11-17-3-5-18(6-4-17)24(32)15-30/h3-10,12,14,16,22,30H,11,13,15H2,1-2H3,(H,27,28)(H,29,33)/b10-7+/t22-/m0/s1. The van der Waals surface area contributed by atoms with Crippen LogP contribution in [-0.2, 0) is 22.4 Å². The Morgan fingerprint density at radius 3 is 2.51 bits per heavy atom. The molecule has 0 saturated carbocycles. The van der Waals surface area contributed by atoms with E-state index in [1.165, 1.54) is 19.5 Å². The molecule has 3 N–H and O–H groups in total. The Morgan fingerprint density at radius 2 is 1.89 bits per heavy atom. The maximum Gasteiger partial charge on any atom is 0.244 e. The second-order valence-electron chi connectivity index (χ2n) is 7.70. The molecule has 1 aromatic heterocycles. The molecule has 0 aliphatic heterocycles. The number of benzene rings is 2. The van der Waals surface area contributed by atoms with E-state index in [0.29, 0.717) is 33.9 Å². The summed E-state index contributed by atoms with van der Waals surface area (Å²) in [7, 11) is 3.08. The highest BCUT2D eigenvalue weighted by Gasteiger charge is 2.21. The van der Waals surface area contributed by atoms with Crippen LogP contribution < -0.4 is 14.8 Å². The fourth-order valence-electron chi connectivity index (χ4n) is 3.44. The van der Waals surface area contributed by atoms with E-state index in [0.717, 1.165) is 0 Å². The number of Topliss-reactive ketones (excluding diaryl/α,β-unsaturated/α-hetero) is 2. The number of nitrogens with one attached hydrogen (secondary N) is 2. The molecule has 9 nitrogen and oxygen atoms in total. The number of aromatic nitrogens is 2. The average Bonchev–Trinajstić information content (AvgIpc) is 3.40. The number of aliphatic hydroxyl groups is 1. The number of ketones is 2. The number of nitrogens with zero attached hydrogens (tertiary/aromatic N) is 1. The fourth-order valence-corrected chi connectivity index (χ4v) is 3.44. The highest BCUT2D eigenvalue weighted by molar-refractivity contribution is 5.98. The first-order valence-electron chi connectivity index (χ1n) is 10.9. The first kappa shape index (κ1) is 25.4. The molecule has 0 unspecified atom stereocenters. The first-order chi connectivity index (χ1) is 16.9. The summed E-state index contributed by atoms with van der Waals surface area (Å²) in [5.74, 6) is 0.137. The van der Waals surface area contributed by atoms with Crippen LogP contribution in [0.15, 0.2) is 61.1 Å². The summed E-state index contributed by atoms with van der Waals surface area (Å²) in [6, 6.07) is 10.9. The Balaban J connectivity index is 1.73. The lowest BCUT2D eigenvalue weighted by Crippen LogP contribution is -2.42. The highest BCUT2D eigenvalue weighted by atomic mass is 16.5. The molecule has 0 fully saturated rings. The largest absolute Gasteiger partial charge is 0.497 e. The van der Waals surface area contributed by atoms with E-state index in [-0.39, 0.29) is 18.6 Å². The Bertz CT molecular complexity index is 1190. The second kappa shape index (κ2) is 12.3. The number of H-pyrrole nitrogens is 1. The molecule has 3 rings (SSSR count). The number of carbonyl (C=O) groups excluding carboxylic acids is 3. The monoisotopic (exact) mass is 477 g/mol. The number of amides is 1. The minimum Gasteiger partial charge on any atom is -0.497 e. The molecule has 0 saturated heterocycles. The van der Waals surface area contributed by atoms with Gasteiger partial charge < -0.3 is 24.9 Å². The molecule has 0 radical (unpaired) electrons. The van der Waals surface area contributed by atoms with Crippen LogP contribution in [0, 0.1) is 0 Å². The summed E-state index contributed by atoms with van der Waals surface area (Å²) < 4.78 is 10.5. The van der Waals surface area contributed by atoms with Crippen LogP contribution in [0.5, 0.6) is 11.5 Å². The Kier molecular flexibility index (Phi) is 8.91. The topological polar surface area (TPSA) is 131 Å². The zero-order chi connectivity index (χ0) is 25.2. The van der Waals surface area contributed by atoms with Gasteiger partial charge in [0.15, 0.2) is 11.6 Å². The molecule has 1 amide bonds. The molecular weight excluding hydrogens is 450 g/mol. The lowest BCUT2D eigenvalue weighted by molar-refractivity contribution is -0.125. The molecule has 1 heterocycles. The van der Waals surface area contributed by atoms with Gasteiger partial charge in [-0.2, -0.15) is 0 Å². The highest BCUT2D eigenvalue weighted by Crippen LogP contribution is 2.25. The maximum atomic E-state index is 13.1. The molecular formula is C26H27N3O6. The van der Waals surface area contributed by atoms with Crippen molar-refractivity contribution in [2.24, 2.45) is 0 Å². The van der Waals surface area contributed by atoms with Crippen LogP contribution in [0.1, 0.15) is 27.2 Å². The van der Waals surface area contributed by atoms with Gasteiger partial charge in [-0.1, -0.05) is 24.3 Å². The molecule has 0 aliphatic rings. The van der Waals surface area contributed by atoms with Crippen molar-refractivity contribution < 1.29 is 29.0 Å². The van der Waals surface area contributed by atoms with E-state index in [9.17, 15) is 14.4 Å². The molecule has 2 aromatic carbocycles. The summed E-state index contributed by atoms with van der Waals surface area (Å²) in [5, 5.41) is 11.8. The normalized spacial score (nSPS) is 11.7. The Labute approximate surface area is 202 Å². The predicted octanol–water partition coefficient (Wildman–Crippen LogP) is 2.15. The molecule has 35 heavy (non-hydrogen) atoms. The van der Waals surface area contributed by atoms with Gasteiger partial charge in [-0.15, -0.1) is 0 Å². The Hall–Kier alpha value is -4.24. The van der Waals surface area contributed by atoms with Crippen molar-refractivity contribution in [2.45, 2.75) is 18.9 Å².